The van der Waals surface area contributed by atoms with Gasteiger partial charge < -0.3 is 10.6 Å². The van der Waals surface area contributed by atoms with Crippen LogP contribution < -0.4 is 10.6 Å². The molecule has 1 aliphatic carbocycles. The van der Waals surface area contributed by atoms with Gasteiger partial charge in [0.05, 0.1) is 11.8 Å². The normalized spacial score (nSPS) is 27.8. The molecule has 0 radical (unpaired) electrons. The maximum absolute atomic E-state index is 12.6. The molecule has 0 atom stereocenters. The average molecular weight is 342 g/mol. The van der Waals surface area contributed by atoms with Gasteiger partial charge >= 0.3 is 6.18 Å². The molecule has 2 aliphatic rings. The number of rotatable bonds is 2. The molecule has 1 saturated heterocycles. The van der Waals surface area contributed by atoms with Crippen molar-refractivity contribution in [1.29, 1.82) is 0 Å². The fourth-order valence-electron chi connectivity index (χ4n) is 3.93. The molecule has 0 aromatic carbocycles. The number of anilines is 1. The molecule has 0 amide bonds. The highest BCUT2D eigenvalue weighted by atomic mass is 32.1. The van der Waals surface area contributed by atoms with Gasteiger partial charge in [0, 0.05) is 24.0 Å². The Balaban J connectivity index is 1.63. The summed E-state index contributed by atoms with van der Waals surface area (Å²) in [5.41, 5.74) is 6.20. The van der Waals surface area contributed by atoms with E-state index in [-0.39, 0.29) is 10.3 Å². The third-order valence-electron chi connectivity index (χ3n) is 4.86. The van der Waals surface area contributed by atoms with E-state index < -0.39 is 12.6 Å². The number of fused-ring (bicyclic) bond motifs is 1. The van der Waals surface area contributed by atoms with Crippen LogP contribution in [0.15, 0.2) is 12.4 Å². The fourth-order valence-corrected chi connectivity index (χ4v) is 4.95. The number of nitrogens with zero attached hydrogens (tertiary/aromatic N) is 3. The smallest absolute Gasteiger partial charge is 0.355 e. The van der Waals surface area contributed by atoms with Gasteiger partial charge in [-0.3, -0.25) is 0 Å². The average Bonchev–Trinajstić information content (AvgIpc) is 2.99. The van der Waals surface area contributed by atoms with Crippen molar-refractivity contribution in [3.05, 3.63) is 17.3 Å². The van der Waals surface area contributed by atoms with Crippen LogP contribution in [0.25, 0.3) is 10.2 Å². The molecule has 3 heterocycles. The quantitative estimate of drug-likeness (QED) is 0.911. The molecule has 2 N–H and O–H groups in total. The number of hydrogen-bond acceptors (Lipinski definition) is 5. The third kappa shape index (κ3) is 2.78. The summed E-state index contributed by atoms with van der Waals surface area (Å²) < 4.78 is 37.8. The number of hydrogen-bond donors (Lipinski definition) is 1. The van der Waals surface area contributed by atoms with Crippen LogP contribution >= 0.6 is 11.3 Å². The molecule has 1 spiro atoms. The van der Waals surface area contributed by atoms with Crippen molar-refractivity contribution >= 4 is 27.4 Å². The maximum atomic E-state index is 12.6. The van der Waals surface area contributed by atoms with Crippen molar-refractivity contribution in [2.24, 2.45) is 11.1 Å². The highest BCUT2D eigenvalue weighted by Gasteiger charge is 2.47. The minimum atomic E-state index is -4.20. The predicted molar refractivity (Wildman–Crippen MR) is 83.6 cm³/mol. The highest BCUT2D eigenvalue weighted by molar-refractivity contribution is 7.18. The Labute approximate surface area is 135 Å². The van der Waals surface area contributed by atoms with E-state index in [1.54, 1.807) is 6.07 Å². The van der Waals surface area contributed by atoms with Crippen molar-refractivity contribution in [2.45, 2.75) is 37.9 Å². The minimum absolute atomic E-state index is 0.279. The summed E-state index contributed by atoms with van der Waals surface area (Å²) in [7, 11) is 0. The van der Waals surface area contributed by atoms with E-state index in [1.807, 2.05) is 0 Å². The summed E-state index contributed by atoms with van der Waals surface area (Å²) in [5, 5.41) is 0.734. The number of alkyl halides is 3. The maximum Gasteiger partial charge on any atom is 0.393 e. The number of thiophene rings is 1. The van der Waals surface area contributed by atoms with E-state index in [0.717, 1.165) is 54.9 Å². The first kappa shape index (κ1) is 15.1. The highest BCUT2D eigenvalue weighted by Crippen LogP contribution is 2.48. The summed E-state index contributed by atoms with van der Waals surface area (Å²) in [5.74, 6) is 0.761. The zero-order valence-corrected chi connectivity index (χ0v) is 13.3. The molecule has 2 fully saturated rings. The SMILES string of the molecule is NC1CC2(CCN(c3ncnc4sc(CC(F)(F)F)cc34)C2)C1. The molecule has 124 valence electrons. The monoisotopic (exact) mass is 342 g/mol. The van der Waals surface area contributed by atoms with Gasteiger partial charge in [0.15, 0.2) is 0 Å². The van der Waals surface area contributed by atoms with Gasteiger partial charge in [-0.2, -0.15) is 13.2 Å². The summed E-state index contributed by atoms with van der Waals surface area (Å²) >= 11 is 1.10. The minimum Gasteiger partial charge on any atom is -0.355 e. The number of aromatic nitrogens is 2. The third-order valence-corrected chi connectivity index (χ3v) is 5.91. The van der Waals surface area contributed by atoms with Crippen molar-refractivity contribution in [2.75, 3.05) is 18.0 Å². The molecule has 4 nitrogen and oxygen atoms in total. The molecule has 8 heteroatoms. The topological polar surface area (TPSA) is 55.0 Å². The van der Waals surface area contributed by atoms with Crippen LogP contribution in [-0.4, -0.2) is 35.3 Å². The Morgan fingerprint density at radius 3 is 2.83 bits per heavy atom. The van der Waals surface area contributed by atoms with Gasteiger partial charge in [0.1, 0.15) is 17.0 Å². The second kappa shape index (κ2) is 5.04. The molecule has 23 heavy (non-hydrogen) atoms. The van der Waals surface area contributed by atoms with Crippen LogP contribution in [0.2, 0.25) is 0 Å². The molecule has 2 aromatic heterocycles. The van der Waals surface area contributed by atoms with E-state index in [9.17, 15) is 13.2 Å². The van der Waals surface area contributed by atoms with E-state index in [2.05, 4.69) is 14.9 Å². The van der Waals surface area contributed by atoms with E-state index in [0.29, 0.717) is 10.9 Å². The molecule has 1 saturated carbocycles. The van der Waals surface area contributed by atoms with Crippen LogP contribution in [0, 0.1) is 5.41 Å². The van der Waals surface area contributed by atoms with Crippen LogP contribution in [0.4, 0.5) is 19.0 Å². The van der Waals surface area contributed by atoms with Crippen molar-refractivity contribution < 1.29 is 13.2 Å². The summed E-state index contributed by atoms with van der Waals surface area (Å²) in [6.45, 7) is 1.76. The van der Waals surface area contributed by atoms with Crippen LogP contribution in [0.1, 0.15) is 24.1 Å². The van der Waals surface area contributed by atoms with Crippen LogP contribution in [-0.2, 0) is 6.42 Å². The Bertz CT molecular complexity index is 736. The van der Waals surface area contributed by atoms with Gasteiger partial charge in [0.2, 0.25) is 0 Å². The van der Waals surface area contributed by atoms with Gasteiger partial charge in [-0.25, -0.2) is 9.97 Å². The van der Waals surface area contributed by atoms with Gasteiger partial charge in [0.25, 0.3) is 0 Å². The lowest BCUT2D eigenvalue weighted by atomic mass is 9.65. The Hall–Kier alpha value is -1.41. The first-order valence-electron chi connectivity index (χ1n) is 7.64. The molecule has 1 aliphatic heterocycles. The predicted octanol–water partition coefficient (Wildman–Crippen LogP) is 3.11. The number of nitrogens with two attached hydrogens (primary N) is 1. The summed E-state index contributed by atoms with van der Waals surface area (Å²) in [6.07, 6.45) is -0.531. The Morgan fingerprint density at radius 2 is 2.13 bits per heavy atom. The zero-order chi connectivity index (χ0) is 16.2. The first-order valence-corrected chi connectivity index (χ1v) is 8.46. The fraction of sp³-hybridized carbons (Fsp3) is 0.600. The molecular weight excluding hydrogens is 325 g/mol. The second-order valence-electron chi connectivity index (χ2n) is 6.76. The van der Waals surface area contributed by atoms with E-state index >= 15 is 0 Å². The zero-order valence-electron chi connectivity index (χ0n) is 12.4. The van der Waals surface area contributed by atoms with E-state index in [4.69, 9.17) is 5.73 Å². The lowest BCUT2D eigenvalue weighted by molar-refractivity contribution is -0.126. The first-order chi connectivity index (χ1) is 10.8. The molecule has 4 rings (SSSR count). The van der Waals surface area contributed by atoms with Gasteiger partial charge in [-0.05, 0) is 30.7 Å². The summed E-state index contributed by atoms with van der Waals surface area (Å²) in [4.78, 5) is 11.6. The second-order valence-corrected chi connectivity index (χ2v) is 7.88. The van der Waals surface area contributed by atoms with Crippen LogP contribution in [0.3, 0.4) is 0 Å². The van der Waals surface area contributed by atoms with Crippen molar-refractivity contribution in [1.82, 2.24) is 9.97 Å². The van der Waals surface area contributed by atoms with Gasteiger partial charge in [-0.1, -0.05) is 0 Å². The Kier molecular flexibility index (Phi) is 3.32. The van der Waals surface area contributed by atoms with Crippen molar-refractivity contribution in [3.63, 3.8) is 0 Å². The lowest BCUT2D eigenvalue weighted by Gasteiger charge is -2.43. The molecule has 0 unspecified atom stereocenters. The molecule has 0 bridgehead atoms. The van der Waals surface area contributed by atoms with Crippen LogP contribution in [0.5, 0.6) is 0 Å². The molecular formula is C15H17F3N4S. The Morgan fingerprint density at radius 1 is 1.35 bits per heavy atom. The van der Waals surface area contributed by atoms with E-state index in [1.165, 1.54) is 6.33 Å². The number of halogens is 3. The molecule has 2 aromatic rings. The lowest BCUT2D eigenvalue weighted by Crippen LogP contribution is -2.47. The largest absolute Gasteiger partial charge is 0.393 e. The van der Waals surface area contributed by atoms with Gasteiger partial charge in [-0.15, -0.1) is 11.3 Å². The van der Waals surface area contributed by atoms with Crippen molar-refractivity contribution in [3.8, 4) is 0 Å². The summed E-state index contributed by atoms with van der Waals surface area (Å²) in [6, 6.07) is 1.89. The standard InChI is InChI=1S/C15H17F3N4S/c16-15(17,18)6-10-3-11-12(20-8-21-13(11)23-10)22-2-1-14(7-22)4-9(19)5-14/h3,8-9H,1-2,4-7,19H2.